The number of hydrogen-bond acceptors (Lipinski definition) is 7. The van der Waals surface area contributed by atoms with Gasteiger partial charge in [0.1, 0.15) is 11.5 Å². The van der Waals surface area contributed by atoms with Crippen molar-refractivity contribution in [2.45, 2.75) is 62.7 Å². The first kappa shape index (κ1) is 23.3. The zero-order valence-electron chi connectivity index (χ0n) is 20.3. The van der Waals surface area contributed by atoms with Crippen molar-refractivity contribution in [3.05, 3.63) is 63.3 Å². The summed E-state index contributed by atoms with van der Waals surface area (Å²) in [6, 6.07) is 12.1. The Morgan fingerprint density at radius 1 is 1.18 bits per heavy atom. The quantitative estimate of drug-likeness (QED) is 0.256. The van der Waals surface area contributed by atoms with Gasteiger partial charge in [-0.1, -0.05) is 45.8 Å². The molecule has 1 saturated heterocycles. The average Bonchev–Trinajstić information content (AvgIpc) is 3.48. The van der Waals surface area contributed by atoms with Crippen LogP contribution in [-0.4, -0.2) is 39.3 Å². The van der Waals surface area contributed by atoms with Crippen molar-refractivity contribution < 1.29 is 14.4 Å². The van der Waals surface area contributed by atoms with E-state index < -0.39 is 5.97 Å². The maximum Gasteiger partial charge on any atom is 0.335 e. The molecule has 8 rings (SSSR count). The lowest BCUT2D eigenvalue weighted by atomic mass is 9.40. The molecule has 2 aromatic heterocycles. The second kappa shape index (κ2) is 8.18. The van der Waals surface area contributed by atoms with Gasteiger partial charge in [0.2, 0.25) is 0 Å². The lowest BCUT2D eigenvalue weighted by Crippen LogP contribution is -2.89. The number of carboxylic acids is 1. The molecule has 2 aromatic carbocycles. The maximum atomic E-state index is 11.4. The van der Waals surface area contributed by atoms with Crippen LogP contribution in [0.3, 0.4) is 0 Å². The normalized spacial score (nSPS) is 27.3. The Kier molecular flexibility index (Phi) is 5.00. The van der Waals surface area contributed by atoms with Crippen LogP contribution in [0.5, 0.6) is 0 Å². The van der Waals surface area contributed by atoms with Gasteiger partial charge in [-0.25, -0.2) is 9.78 Å². The topological polar surface area (TPSA) is 91.5 Å². The van der Waals surface area contributed by atoms with Crippen molar-refractivity contribution in [3.63, 3.8) is 0 Å². The third-order valence-electron chi connectivity index (χ3n) is 9.21. The summed E-state index contributed by atoms with van der Waals surface area (Å²) >= 11 is 14.7. The summed E-state index contributed by atoms with van der Waals surface area (Å²) in [6.07, 6.45) is 5.68. The Morgan fingerprint density at radius 3 is 2.68 bits per heavy atom. The molecule has 4 atom stereocenters. The van der Waals surface area contributed by atoms with E-state index in [9.17, 15) is 9.90 Å². The highest BCUT2D eigenvalue weighted by Crippen LogP contribution is 2.69. The standard InChI is InChI=1S/C28H24Cl2N4O3S/c29-16-2-1-3-17(30)23(16)24-15(25(37-33-24)13-4-5-13)12-31-20-11-22-28(20)9-8-21(28)34(22)27-32-18-7-6-14(26(35)36)10-19(18)38-27/h1-3,6-7,10,13,20-22,31H,4-5,8-9,11-12H2,(H,35,36). The molecule has 4 fully saturated rings. The van der Waals surface area contributed by atoms with Crippen LogP contribution in [0.25, 0.3) is 21.5 Å². The van der Waals surface area contributed by atoms with E-state index in [0.717, 1.165) is 63.6 Å². The van der Waals surface area contributed by atoms with Gasteiger partial charge in [-0.15, -0.1) is 0 Å². The van der Waals surface area contributed by atoms with Crippen molar-refractivity contribution in [2.75, 3.05) is 4.90 Å². The summed E-state index contributed by atoms with van der Waals surface area (Å²) in [5.74, 6) is 0.486. The number of piperidine rings is 2. The van der Waals surface area contributed by atoms with Crippen molar-refractivity contribution in [1.29, 1.82) is 0 Å². The molecular formula is C28H24Cl2N4O3S. The zero-order valence-corrected chi connectivity index (χ0v) is 22.6. The minimum absolute atomic E-state index is 0.281. The molecule has 3 aliphatic carbocycles. The van der Waals surface area contributed by atoms with Crippen LogP contribution in [0.2, 0.25) is 10.0 Å². The molecule has 194 valence electrons. The fourth-order valence-corrected chi connectivity index (χ4v) is 8.72. The van der Waals surface area contributed by atoms with Crippen LogP contribution in [0.15, 0.2) is 40.9 Å². The molecule has 3 heterocycles. The Morgan fingerprint density at radius 2 is 2.00 bits per heavy atom. The maximum absolute atomic E-state index is 11.4. The lowest BCUT2D eigenvalue weighted by Gasteiger charge is -2.79. The number of carboxylic acid groups (broad SMARTS) is 1. The van der Waals surface area contributed by atoms with Crippen LogP contribution in [-0.2, 0) is 6.54 Å². The van der Waals surface area contributed by atoms with E-state index in [1.54, 1.807) is 23.5 Å². The van der Waals surface area contributed by atoms with E-state index in [0.29, 0.717) is 46.2 Å². The Labute approximate surface area is 232 Å². The number of nitrogens with zero attached hydrogens (tertiary/aromatic N) is 3. The van der Waals surface area contributed by atoms with Gasteiger partial charge in [-0.2, -0.15) is 0 Å². The molecule has 2 N–H and O–H groups in total. The predicted molar refractivity (Wildman–Crippen MR) is 147 cm³/mol. The lowest BCUT2D eigenvalue weighted by molar-refractivity contribution is -0.148. The van der Waals surface area contributed by atoms with E-state index in [2.05, 4.69) is 15.4 Å². The number of halogens is 2. The highest BCUT2D eigenvalue weighted by molar-refractivity contribution is 7.22. The number of benzene rings is 2. The van der Waals surface area contributed by atoms with Crippen LogP contribution >= 0.6 is 34.5 Å². The smallest absolute Gasteiger partial charge is 0.335 e. The Bertz CT molecular complexity index is 1600. The number of aromatic carboxylic acids is 1. The molecule has 0 bridgehead atoms. The number of aromatic nitrogens is 2. The van der Waals surface area contributed by atoms with E-state index in [1.807, 2.05) is 24.3 Å². The molecule has 1 spiro atoms. The third-order valence-corrected chi connectivity index (χ3v) is 10.9. The summed E-state index contributed by atoms with van der Waals surface area (Å²) in [6.45, 7) is 0.678. The number of carbonyl (C=O) groups is 1. The predicted octanol–water partition coefficient (Wildman–Crippen LogP) is 6.73. The molecule has 10 heteroatoms. The summed E-state index contributed by atoms with van der Waals surface area (Å²) in [5, 5.41) is 19.8. The van der Waals surface area contributed by atoms with Crippen molar-refractivity contribution in [1.82, 2.24) is 15.5 Å². The Balaban J connectivity index is 1.03. The van der Waals surface area contributed by atoms with E-state index in [1.165, 1.54) is 6.42 Å². The molecule has 0 amide bonds. The van der Waals surface area contributed by atoms with Gasteiger partial charge in [0.05, 0.1) is 25.8 Å². The highest BCUT2D eigenvalue weighted by Gasteiger charge is 2.75. The molecule has 38 heavy (non-hydrogen) atoms. The zero-order chi connectivity index (χ0) is 25.8. The van der Waals surface area contributed by atoms with Gasteiger partial charge in [0, 0.05) is 47.1 Å². The monoisotopic (exact) mass is 566 g/mol. The molecule has 0 radical (unpaired) electrons. The van der Waals surface area contributed by atoms with Gasteiger partial charge >= 0.3 is 5.97 Å². The fourth-order valence-electron chi connectivity index (χ4n) is 7.04. The molecular weight excluding hydrogens is 543 g/mol. The average molecular weight is 567 g/mol. The third kappa shape index (κ3) is 3.14. The highest BCUT2D eigenvalue weighted by atomic mass is 35.5. The largest absolute Gasteiger partial charge is 0.478 e. The van der Waals surface area contributed by atoms with Crippen molar-refractivity contribution in [2.24, 2.45) is 5.41 Å². The van der Waals surface area contributed by atoms with Gasteiger partial charge in [0.25, 0.3) is 0 Å². The van der Waals surface area contributed by atoms with Crippen LogP contribution in [0, 0.1) is 5.41 Å². The first-order valence-corrected chi connectivity index (χ1v) is 14.6. The van der Waals surface area contributed by atoms with Gasteiger partial charge in [-0.05, 0) is 62.4 Å². The van der Waals surface area contributed by atoms with Gasteiger partial charge < -0.3 is 19.8 Å². The summed E-state index contributed by atoms with van der Waals surface area (Å²) < 4.78 is 6.79. The molecule has 1 aliphatic heterocycles. The molecule has 4 aliphatic rings. The molecule has 3 saturated carbocycles. The summed E-state index contributed by atoms with van der Waals surface area (Å²) in [7, 11) is 0. The fraction of sp³-hybridized carbons (Fsp3) is 0.393. The molecule has 7 nitrogen and oxygen atoms in total. The van der Waals surface area contributed by atoms with Crippen molar-refractivity contribution >= 4 is 55.9 Å². The van der Waals surface area contributed by atoms with E-state index in [4.69, 9.17) is 32.7 Å². The van der Waals surface area contributed by atoms with Crippen LogP contribution in [0.1, 0.15) is 59.7 Å². The minimum atomic E-state index is -0.908. The summed E-state index contributed by atoms with van der Waals surface area (Å²) in [5.41, 5.74) is 4.02. The summed E-state index contributed by atoms with van der Waals surface area (Å²) in [4.78, 5) is 18.7. The Hall–Kier alpha value is -2.65. The minimum Gasteiger partial charge on any atom is -0.478 e. The number of thiazole rings is 1. The number of hydrogen-bond donors (Lipinski definition) is 2. The molecule has 4 unspecified atom stereocenters. The molecule has 4 aromatic rings. The number of anilines is 1. The first-order chi connectivity index (χ1) is 18.5. The van der Waals surface area contributed by atoms with Gasteiger partial charge in [0.15, 0.2) is 5.13 Å². The van der Waals surface area contributed by atoms with E-state index in [-0.39, 0.29) is 5.41 Å². The van der Waals surface area contributed by atoms with Crippen LogP contribution < -0.4 is 10.2 Å². The number of rotatable bonds is 7. The number of fused-ring (bicyclic) bond motifs is 1. The second-order valence-electron chi connectivity index (χ2n) is 11.0. The van der Waals surface area contributed by atoms with Crippen molar-refractivity contribution in [3.8, 4) is 11.3 Å². The van der Waals surface area contributed by atoms with E-state index >= 15 is 0 Å². The first-order valence-electron chi connectivity index (χ1n) is 13.0. The van der Waals surface area contributed by atoms with Crippen LogP contribution in [0.4, 0.5) is 5.13 Å². The SMILES string of the molecule is O=C(O)c1ccc2nc(N3C4CCC45C(NCc4c(-c6c(Cl)cccc6Cl)noc4C4CC4)CC35)sc2c1. The number of nitrogens with one attached hydrogen (secondary N) is 1. The van der Waals surface area contributed by atoms with Gasteiger partial charge in [-0.3, -0.25) is 0 Å². The second-order valence-corrected chi connectivity index (χ2v) is 12.8.